The first-order chi connectivity index (χ1) is 63.9. The van der Waals surface area contributed by atoms with E-state index >= 15 is 4.79 Å². The molecule has 0 spiro atoms. The van der Waals surface area contributed by atoms with Gasteiger partial charge in [0.2, 0.25) is 6.29 Å². The van der Waals surface area contributed by atoms with Gasteiger partial charge in [-0.05, 0) is 125 Å². The third kappa shape index (κ3) is 19.0. The van der Waals surface area contributed by atoms with Crippen LogP contribution in [0.5, 0.6) is 0 Å². The maximum Gasteiger partial charge on any atom is 0.315 e. The Morgan fingerprint density at radius 1 is 0.375 bits per heavy atom. The zero-order chi connectivity index (χ0) is 99.3. The van der Waals surface area contributed by atoms with Crippen LogP contribution in [0.15, 0.2) is 11.6 Å². The molecule has 15 aliphatic rings. The van der Waals surface area contributed by atoms with Crippen LogP contribution in [0.1, 0.15) is 127 Å². The maximum atomic E-state index is 16.5. The van der Waals surface area contributed by atoms with E-state index in [-0.39, 0.29) is 25.2 Å². The predicted octanol–water partition coefficient (Wildman–Crippen LogP) is -11.8. The number of hydrogen-bond acceptors (Lipinski definition) is 49. The van der Waals surface area contributed by atoms with Crippen LogP contribution in [0.3, 0.4) is 0 Å². The number of aliphatic hydroxyl groups is 28. The third-order valence-electron chi connectivity index (χ3n) is 33.1. The second-order valence-corrected chi connectivity index (χ2v) is 42.0. The highest BCUT2D eigenvalue weighted by atomic mass is 16.8. The lowest BCUT2D eigenvalue weighted by atomic mass is 9.33. The van der Waals surface area contributed by atoms with Crippen molar-refractivity contribution in [3.8, 4) is 0 Å². The van der Waals surface area contributed by atoms with E-state index in [1.807, 2.05) is 0 Å². The van der Waals surface area contributed by atoms with Crippen molar-refractivity contribution in [1.82, 2.24) is 0 Å². The molecule has 0 bridgehead atoms. The largest absolute Gasteiger partial charge is 0.432 e. The Morgan fingerprint density at radius 2 is 0.831 bits per heavy atom. The minimum atomic E-state index is -2.37. The van der Waals surface area contributed by atoms with Gasteiger partial charge in [-0.15, -0.1) is 0 Å². The standard InChI is InChI=1S/C87H142O49/c1-28-41(95)47(101)52(106)71(119-28)130-63-43(97)30(3)121-78(66(63)133-74-58(112)64(131-73-54(108)49(103)51(105)69(114)135-73)59(31(4)122-74)126-70-55(109)60(35(94)24-117-70)127-77-65(50(104)42(96)29(2)120-77)132-72-53(107)48(102)44(98)36(21-88)123-72)136-80(115)86-17-15-81(5,6)19-33(86)32-11-12-40-82(7)20-34(93)68(83(8,25-91)39(82)13-14-85(40,10)84(32,9)16-18-86)134-76-57(111)61(45(99)38(23-90)125-76)128-75-56(110)62(46(100)37(22-89)124-75)129-79-67(113)87(116,26-92)27-118-79/h11,28-31,33-79,88-114,116H,12-27H2,1-10H3/t28-,29-,30+,31-,33+,34-,35+,36+,37+,38+,39+,40+,41-,42-,43+,44-,45+,46+,47+,48-,49-,50+,51-,52+,53+,54+,55+,56+,57+,58+,59-,60-,61-,62-,63-,64-,65+,66+,67-,68-,69+,70-,71-,72-,73+,74-,75-,76-,77-,78-,79-,82-,83-,84+,85+,86-,87+/m0/s1. The van der Waals surface area contributed by atoms with E-state index in [1.54, 1.807) is 6.92 Å². The fourth-order valence-electron chi connectivity index (χ4n) is 24.5. The molecular weight excluding hydrogens is 1830 g/mol. The molecular formula is C87H142O49. The molecule has 5 aliphatic carbocycles. The van der Waals surface area contributed by atoms with Crippen molar-refractivity contribution in [2.75, 3.05) is 46.2 Å². The smallest absolute Gasteiger partial charge is 0.315 e. The molecule has 49 nitrogen and oxygen atoms in total. The first-order valence-corrected chi connectivity index (χ1v) is 46.9. The number of carbonyl (C=O) groups is 1. The molecule has 0 radical (unpaired) electrons. The summed E-state index contributed by atoms with van der Waals surface area (Å²) in [5, 5.41) is 315. The van der Waals surface area contributed by atoms with Crippen molar-refractivity contribution in [2.24, 2.45) is 50.2 Å². The number of aliphatic hydroxyl groups excluding tert-OH is 27. The van der Waals surface area contributed by atoms with Crippen molar-refractivity contribution < 1.29 is 243 Å². The highest BCUT2D eigenvalue weighted by Gasteiger charge is 2.73. The Bertz CT molecular complexity index is 4000. The van der Waals surface area contributed by atoms with Gasteiger partial charge < -0.3 is 238 Å². The molecule has 10 heterocycles. The highest BCUT2D eigenvalue weighted by molar-refractivity contribution is 5.79. The van der Waals surface area contributed by atoms with E-state index in [4.69, 9.17) is 94.7 Å². The van der Waals surface area contributed by atoms with Gasteiger partial charge in [0.15, 0.2) is 69.0 Å². The summed E-state index contributed by atoms with van der Waals surface area (Å²) >= 11 is 0. The van der Waals surface area contributed by atoms with Gasteiger partial charge in [0.25, 0.3) is 0 Å². The zero-order valence-corrected chi connectivity index (χ0v) is 76.9. The molecule has 15 rings (SSSR count). The second-order valence-electron chi connectivity index (χ2n) is 42.0. The van der Waals surface area contributed by atoms with E-state index in [0.29, 0.717) is 38.5 Å². The van der Waals surface area contributed by atoms with Crippen molar-refractivity contribution in [1.29, 1.82) is 0 Å². The molecule has 0 aromatic carbocycles. The Morgan fingerprint density at radius 3 is 1.43 bits per heavy atom. The molecule has 784 valence electrons. The fourth-order valence-corrected chi connectivity index (χ4v) is 24.5. The van der Waals surface area contributed by atoms with Crippen molar-refractivity contribution >= 4 is 5.97 Å². The summed E-state index contributed by atoms with van der Waals surface area (Å²) < 4.78 is 122. The molecule has 57 atom stereocenters. The van der Waals surface area contributed by atoms with Gasteiger partial charge >= 0.3 is 5.97 Å². The highest BCUT2D eigenvalue weighted by Crippen LogP contribution is 2.76. The number of hydrogen-bond donors (Lipinski definition) is 28. The summed E-state index contributed by atoms with van der Waals surface area (Å²) in [6.07, 6.45) is -85.7. The Balaban J connectivity index is 0.694. The van der Waals surface area contributed by atoms with Crippen molar-refractivity contribution in [3.05, 3.63) is 11.6 Å². The lowest BCUT2D eigenvalue weighted by Gasteiger charge is -2.72. The van der Waals surface area contributed by atoms with Crippen LogP contribution in [0, 0.1) is 50.2 Å². The van der Waals surface area contributed by atoms with E-state index in [2.05, 4.69) is 40.7 Å². The summed E-state index contributed by atoms with van der Waals surface area (Å²) in [5.74, 6) is -2.15. The topological polar surface area (TPSA) is 768 Å². The monoisotopic (exact) mass is 1970 g/mol. The van der Waals surface area contributed by atoms with Gasteiger partial charge in [-0.25, -0.2) is 0 Å². The number of ether oxygens (including phenoxy) is 20. The molecule has 4 saturated carbocycles. The summed E-state index contributed by atoms with van der Waals surface area (Å²) in [6, 6.07) is 0. The first-order valence-electron chi connectivity index (χ1n) is 46.9. The number of fused-ring (bicyclic) bond motifs is 7. The van der Waals surface area contributed by atoms with Gasteiger partial charge in [-0.1, -0.05) is 53.2 Å². The first kappa shape index (κ1) is 108. The normalized spacial score (nSPS) is 56.0. The van der Waals surface area contributed by atoms with E-state index in [9.17, 15) is 143 Å². The predicted molar refractivity (Wildman–Crippen MR) is 439 cm³/mol. The lowest BCUT2D eigenvalue weighted by molar-refractivity contribution is -0.411. The maximum absolute atomic E-state index is 16.5. The molecule has 0 amide bonds. The Labute approximate surface area is 781 Å². The molecule has 0 unspecified atom stereocenters. The number of rotatable bonds is 25. The van der Waals surface area contributed by atoms with Gasteiger partial charge in [0, 0.05) is 5.41 Å². The quantitative estimate of drug-likeness (QED) is 0.0229. The Kier molecular flexibility index (Phi) is 32.6. The average Bonchev–Trinajstić information content (AvgIpc) is 0.700. The van der Waals surface area contributed by atoms with Crippen LogP contribution in [0.2, 0.25) is 0 Å². The summed E-state index contributed by atoms with van der Waals surface area (Å²) in [7, 11) is 0. The lowest BCUT2D eigenvalue weighted by Crippen LogP contribution is -2.70. The van der Waals surface area contributed by atoms with Gasteiger partial charge in [-0.3, -0.25) is 4.79 Å². The summed E-state index contributed by atoms with van der Waals surface area (Å²) in [5.41, 5.74) is -6.66. The Hall–Kier alpha value is -2.67. The van der Waals surface area contributed by atoms with Crippen LogP contribution < -0.4 is 0 Å². The van der Waals surface area contributed by atoms with Crippen LogP contribution in [0.25, 0.3) is 0 Å². The summed E-state index contributed by atoms with van der Waals surface area (Å²) in [4.78, 5) is 16.5. The minimum absolute atomic E-state index is 0.0428. The molecule has 0 aromatic heterocycles. The molecule has 28 N–H and O–H groups in total. The van der Waals surface area contributed by atoms with E-state index in [0.717, 1.165) is 5.57 Å². The molecule has 14 fully saturated rings. The number of esters is 1. The van der Waals surface area contributed by atoms with E-state index < -0.39 is 397 Å². The second kappa shape index (κ2) is 41.2. The molecule has 136 heavy (non-hydrogen) atoms. The van der Waals surface area contributed by atoms with Crippen molar-refractivity contribution in [2.45, 2.75) is 428 Å². The van der Waals surface area contributed by atoms with Crippen molar-refractivity contribution in [3.63, 3.8) is 0 Å². The van der Waals surface area contributed by atoms with Crippen LogP contribution in [0.4, 0.5) is 0 Å². The van der Waals surface area contributed by atoms with Crippen LogP contribution in [-0.4, -0.2) is 496 Å². The SMILES string of the molecule is C[C@@H]1O[C@@H](O[C@H]2[C@H](O)[C@@H](C)O[C@@H](OC(=O)[C@]34CCC(C)(C)C[C@@H]3C3=CC[C@@H]5[C@@]6(C)C[C@H](O)[C@H](O[C@@H]7O[C@H](CO)[C@@H](O)[C@H](O[C@@H]8O[C@H](CO)[C@@H](O)[C@H](O[C@@H]9OC[C@](O)(CO)[C@H]9O)[C@H]8O)[C@H]7O)[C@@](C)(CO)[C@@H]6CC[C@@]5(C)[C@]3(C)CC4)[C@@H]2O[C@@H]2O[C@@H](C)[C@H](O[C@@H]3OC[C@@H](O)[C@H](O[C@@H]4O[C@@H](C)[C@H](O)[C@@H](O)[C@H]4O[C@@H]4O[C@H](CO)[C@H](O)[C@H](O)[C@H]4O)[C@H]3O)[C@@H](O[C@@H]3O[C@@H](O)[C@@H](O)[C@H](O)[C@H]3O)[C@H]2O)[C@H](O)[C@H](O)[C@H]1O. The molecule has 49 heteroatoms. The van der Waals surface area contributed by atoms with Gasteiger partial charge in [0.05, 0.1) is 88.3 Å². The average molecular weight is 1970 g/mol. The minimum Gasteiger partial charge on any atom is -0.432 e. The third-order valence-corrected chi connectivity index (χ3v) is 33.1. The van der Waals surface area contributed by atoms with Crippen LogP contribution >= 0.6 is 0 Å². The van der Waals surface area contributed by atoms with E-state index in [1.165, 1.54) is 27.7 Å². The number of carbonyl (C=O) groups excluding carboxylic acids is 1. The summed E-state index contributed by atoms with van der Waals surface area (Å²) in [6.45, 7) is 12.0. The van der Waals surface area contributed by atoms with Gasteiger partial charge in [0.1, 0.15) is 189 Å². The van der Waals surface area contributed by atoms with Gasteiger partial charge in [-0.2, -0.15) is 0 Å². The molecule has 10 aliphatic heterocycles. The number of allylic oxidation sites excluding steroid dienone is 2. The molecule has 10 saturated heterocycles. The molecule has 0 aromatic rings. The van der Waals surface area contributed by atoms with Crippen LogP contribution in [-0.2, 0) is 99.5 Å². The zero-order valence-electron chi connectivity index (χ0n) is 76.9. The fraction of sp³-hybridized carbons (Fsp3) is 0.966.